The standard InChI is InChI=1S/C39H47N3O13/c1-39(2,3)55-38(52)41-29(33(45)40-20-5-6-21-54-31-9-7-8-30(44)32(31)37(51)53-4)22-25-11-16-27(17-12-25)42(34(46)36(49)50)23-26(35(47)48)15-10-24-13-18-28(43)19-14-24/h7-9,11-14,16-19,26,29,43-44H,5-6,10,15,20-23H2,1-4H3,(H,40,45)(H,41,52)(H,47,48)(H,49,50)/t26?,29-/m0/s1. The van der Waals surface area contributed by atoms with Crippen LogP contribution in [0.4, 0.5) is 10.5 Å². The summed E-state index contributed by atoms with van der Waals surface area (Å²) in [7, 11) is 1.18. The molecule has 55 heavy (non-hydrogen) atoms. The molecule has 0 fully saturated rings. The van der Waals surface area contributed by atoms with Gasteiger partial charge in [0, 0.05) is 25.2 Å². The van der Waals surface area contributed by atoms with Gasteiger partial charge in [-0.25, -0.2) is 14.4 Å². The number of aromatic hydroxyl groups is 2. The number of hydrogen-bond acceptors (Lipinski definition) is 11. The minimum absolute atomic E-state index is 0.0282. The monoisotopic (exact) mass is 765 g/mol. The van der Waals surface area contributed by atoms with Crippen molar-refractivity contribution in [1.29, 1.82) is 0 Å². The zero-order valence-electron chi connectivity index (χ0n) is 31.1. The Labute approximate surface area is 318 Å². The van der Waals surface area contributed by atoms with Crippen molar-refractivity contribution in [3.8, 4) is 17.2 Å². The van der Waals surface area contributed by atoms with E-state index in [-0.39, 0.29) is 54.5 Å². The van der Waals surface area contributed by atoms with Gasteiger partial charge in [-0.15, -0.1) is 0 Å². The van der Waals surface area contributed by atoms with E-state index in [9.17, 15) is 49.2 Å². The number of nitrogens with zero attached hydrogens (tertiary/aromatic N) is 1. The fourth-order valence-electron chi connectivity index (χ4n) is 5.34. The van der Waals surface area contributed by atoms with Crippen LogP contribution in [0.5, 0.6) is 17.2 Å². The van der Waals surface area contributed by atoms with Crippen LogP contribution in [-0.4, -0.2) is 94.7 Å². The van der Waals surface area contributed by atoms with E-state index in [0.717, 1.165) is 10.5 Å². The lowest BCUT2D eigenvalue weighted by Crippen LogP contribution is -2.49. The van der Waals surface area contributed by atoms with Crippen LogP contribution in [-0.2, 0) is 41.5 Å². The van der Waals surface area contributed by atoms with Gasteiger partial charge in [-0.2, -0.15) is 0 Å². The van der Waals surface area contributed by atoms with Gasteiger partial charge in [0.1, 0.15) is 34.5 Å². The maximum Gasteiger partial charge on any atom is 0.408 e. The number of esters is 1. The summed E-state index contributed by atoms with van der Waals surface area (Å²) >= 11 is 0. The highest BCUT2D eigenvalue weighted by atomic mass is 16.6. The molecule has 3 amide bonds. The quantitative estimate of drug-likeness (QED) is 0.0610. The van der Waals surface area contributed by atoms with Crippen LogP contribution in [0.25, 0.3) is 0 Å². The smallest absolute Gasteiger partial charge is 0.408 e. The molecule has 3 rings (SSSR count). The first-order valence-electron chi connectivity index (χ1n) is 17.4. The third-order valence-corrected chi connectivity index (χ3v) is 8.12. The van der Waals surface area contributed by atoms with E-state index in [4.69, 9.17) is 14.2 Å². The summed E-state index contributed by atoms with van der Waals surface area (Å²) in [6.45, 7) is 4.91. The Morgan fingerprint density at radius 2 is 1.51 bits per heavy atom. The Kier molecular flexibility index (Phi) is 15.8. The number of aliphatic carboxylic acids is 2. The number of benzene rings is 3. The molecule has 0 aliphatic carbocycles. The van der Waals surface area contributed by atoms with Crippen molar-refractivity contribution in [2.45, 2.75) is 64.5 Å². The maximum absolute atomic E-state index is 13.3. The number of methoxy groups -OCH3 is 1. The number of phenols is 2. The van der Waals surface area contributed by atoms with Crippen LogP contribution < -0.4 is 20.3 Å². The summed E-state index contributed by atoms with van der Waals surface area (Å²) in [5.41, 5.74) is 0.423. The topological polar surface area (TPSA) is 238 Å². The van der Waals surface area contributed by atoms with E-state index in [1.165, 1.54) is 61.7 Å². The highest BCUT2D eigenvalue weighted by Crippen LogP contribution is 2.28. The number of carboxylic acids is 2. The van der Waals surface area contributed by atoms with Gasteiger partial charge in [-0.1, -0.05) is 30.3 Å². The number of phenolic OH excluding ortho intramolecular Hbond substituents is 2. The van der Waals surface area contributed by atoms with Gasteiger partial charge >= 0.3 is 29.9 Å². The first-order valence-corrected chi connectivity index (χ1v) is 17.4. The van der Waals surface area contributed by atoms with Crippen molar-refractivity contribution in [2.75, 3.05) is 31.7 Å². The molecule has 6 N–H and O–H groups in total. The molecule has 0 aromatic heterocycles. The molecule has 16 nitrogen and oxygen atoms in total. The van der Waals surface area contributed by atoms with Crippen LogP contribution in [0, 0.1) is 5.92 Å². The van der Waals surface area contributed by atoms with Gasteiger partial charge in [0.2, 0.25) is 5.91 Å². The van der Waals surface area contributed by atoms with Crippen molar-refractivity contribution in [1.82, 2.24) is 10.6 Å². The van der Waals surface area contributed by atoms with E-state index in [2.05, 4.69) is 10.6 Å². The van der Waals surface area contributed by atoms with Gasteiger partial charge in [0.15, 0.2) is 0 Å². The Bertz CT molecular complexity index is 1800. The third kappa shape index (κ3) is 13.9. The Hall–Kier alpha value is -6.32. The van der Waals surface area contributed by atoms with Gasteiger partial charge in [-0.05, 0) is 94.0 Å². The molecule has 0 saturated heterocycles. The van der Waals surface area contributed by atoms with E-state index in [1.807, 2.05) is 0 Å². The predicted molar refractivity (Wildman–Crippen MR) is 198 cm³/mol. The highest BCUT2D eigenvalue weighted by Gasteiger charge is 2.30. The lowest BCUT2D eigenvalue weighted by molar-refractivity contribution is -0.149. The molecule has 16 heteroatoms. The molecule has 0 heterocycles. The lowest BCUT2D eigenvalue weighted by Gasteiger charge is -2.25. The van der Waals surface area contributed by atoms with Crippen LogP contribution in [0.2, 0.25) is 0 Å². The number of anilines is 1. The number of carboxylic acid groups (broad SMARTS) is 2. The number of ether oxygens (including phenoxy) is 3. The van der Waals surface area contributed by atoms with Crippen LogP contribution >= 0.6 is 0 Å². The molecule has 0 aliphatic rings. The molecule has 0 spiro atoms. The summed E-state index contributed by atoms with van der Waals surface area (Å²) in [5, 5.41) is 44.3. The molecular weight excluding hydrogens is 718 g/mol. The molecule has 0 saturated carbocycles. The number of aryl methyl sites for hydroxylation is 1. The molecule has 0 aliphatic heterocycles. The predicted octanol–water partition coefficient (Wildman–Crippen LogP) is 4.05. The zero-order valence-corrected chi connectivity index (χ0v) is 31.1. The van der Waals surface area contributed by atoms with Gasteiger partial charge < -0.3 is 50.2 Å². The molecule has 1 unspecified atom stereocenters. The number of carbonyl (C=O) groups is 6. The van der Waals surface area contributed by atoms with Crippen LogP contribution in [0.3, 0.4) is 0 Å². The van der Waals surface area contributed by atoms with E-state index in [1.54, 1.807) is 32.9 Å². The van der Waals surface area contributed by atoms with E-state index in [0.29, 0.717) is 24.8 Å². The second-order valence-electron chi connectivity index (χ2n) is 13.5. The first-order chi connectivity index (χ1) is 26.0. The molecular formula is C39H47N3O13. The van der Waals surface area contributed by atoms with Gasteiger partial charge in [0.25, 0.3) is 0 Å². The minimum Gasteiger partial charge on any atom is -0.508 e. The maximum atomic E-state index is 13.3. The summed E-state index contributed by atoms with van der Waals surface area (Å²) in [4.78, 5) is 75.6. The van der Waals surface area contributed by atoms with E-state index < -0.39 is 59.9 Å². The van der Waals surface area contributed by atoms with Crippen molar-refractivity contribution in [3.63, 3.8) is 0 Å². The Balaban J connectivity index is 1.68. The fourth-order valence-corrected chi connectivity index (χ4v) is 5.34. The van der Waals surface area contributed by atoms with Crippen molar-refractivity contribution in [3.05, 3.63) is 83.4 Å². The van der Waals surface area contributed by atoms with E-state index >= 15 is 0 Å². The number of amides is 3. The number of alkyl carbamates (subject to hydrolysis) is 1. The minimum atomic E-state index is -1.78. The molecule has 0 radical (unpaired) electrons. The van der Waals surface area contributed by atoms with Gasteiger partial charge in [0.05, 0.1) is 19.6 Å². The molecule has 3 aromatic rings. The first kappa shape index (κ1) is 43.1. The lowest BCUT2D eigenvalue weighted by atomic mass is 9.98. The summed E-state index contributed by atoms with van der Waals surface area (Å²) in [6, 6.07) is 15.4. The van der Waals surface area contributed by atoms with Crippen molar-refractivity contribution < 1.29 is 63.4 Å². The number of hydrogen-bond donors (Lipinski definition) is 6. The molecule has 3 aromatic carbocycles. The Morgan fingerprint density at radius 1 is 0.855 bits per heavy atom. The largest absolute Gasteiger partial charge is 0.508 e. The van der Waals surface area contributed by atoms with Crippen LogP contribution in [0.15, 0.2) is 66.7 Å². The normalized spacial score (nSPS) is 12.1. The SMILES string of the molecule is COC(=O)c1c(O)cccc1OCCCCNC(=O)[C@H](Cc1ccc(N(CC(CCc2ccc(O)cc2)C(=O)O)C(=O)C(=O)O)cc1)NC(=O)OC(C)(C)C. The zero-order chi connectivity index (χ0) is 40.7. The fraction of sp³-hybridized carbons (Fsp3) is 0.385. The average molecular weight is 766 g/mol. The highest BCUT2D eigenvalue weighted by molar-refractivity contribution is 6.37. The Morgan fingerprint density at radius 3 is 2.11 bits per heavy atom. The summed E-state index contributed by atoms with van der Waals surface area (Å²) < 4.78 is 15.7. The second-order valence-corrected chi connectivity index (χ2v) is 13.5. The third-order valence-electron chi connectivity index (χ3n) is 8.12. The summed E-state index contributed by atoms with van der Waals surface area (Å²) in [6.07, 6.45) is 0.411. The van der Waals surface area contributed by atoms with Crippen molar-refractivity contribution in [2.24, 2.45) is 5.92 Å². The van der Waals surface area contributed by atoms with Gasteiger partial charge in [-0.3, -0.25) is 14.4 Å². The number of unbranched alkanes of at least 4 members (excludes halogenated alkanes) is 1. The molecule has 0 bridgehead atoms. The second kappa shape index (κ2) is 20.2. The molecule has 2 atom stereocenters. The van der Waals surface area contributed by atoms with Crippen LogP contribution in [0.1, 0.15) is 61.5 Å². The molecule has 296 valence electrons. The number of nitrogens with one attached hydrogen (secondary N) is 2. The van der Waals surface area contributed by atoms with Crippen molar-refractivity contribution >= 4 is 41.5 Å². The average Bonchev–Trinajstić information content (AvgIpc) is 3.12. The number of carbonyl (C=O) groups excluding carboxylic acids is 4. The summed E-state index contributed by atoms with van der Waals surface area (Å²) in [5.74, 6) is -6.83. The number of rotatable bonds is 18.